The lowest BCUT2D eigenvalue weighted by Crippen LogP contribution is -2.13. The van der Waals surface area contributed by atoms with E-state index in [9.17, 15) is 9.59 Å². The molecule has 3 N–H and O–H groups in total. The molecule has 27 heavy (non-hydrogen) atoms. The molecule has 0 aliphatic carbocycles. The number of pyridine rings is 1. The van der Waals surface area contributed by atoms with Gasteiger partial charge in [0.25, 0.3) is 5.91 Å². The third-order valence-corrected chi connectivity index (χ3v) is 3.89. The van der Waals surface area contributed by atoms with Gasteiger partial charge >= 0.3 is 0 Å². The standard InChI is InChI=1S/C21H20N4O2/c1-14-5-3-4-6-20(14)25-21(27)16-11-19(13-22-12-16)24-18-9-7-17(8-10-18)23-15(2)26/h3-13,24H,1-2H3,(H,23,26)(H,25,27). The maximum atomic E-state index is 12.5. The van der Waals surface area contributed by atoms with Crippen molar-refractivity contribution < 1.29 is 9.59 Å². The summed E-state index contributed by atoms with van der Waals surface area (Å²) in [6.07, 6.45) is 3.17. The van der Waals surface area contributed by atoms with Crippen molar-refractivity contribution in [2.75, 3.05) is 16.0 Å². The zero-order valence-corrected chi connectivity index (χ0v) is 15.1. The van der Waals surface area contributed by atoms with Gasteiger partial charge in [0.2, 0.25) is 5.91 Å². The summed E-state index contributed by atoms with van der Waals surface area (Å²) >= 11 is 0. The van der Waals surface area contributed by atoms with Crippen LogP contribution in [0, 0.1) is 6.92 Å². The molecule has 0 saturated carbocycles. The Balaban J connectivity index is 1.70. The lowest BCUT2D eigenvalue weighted by atomic mass is 10.2. The number of para-hydroxylation sites is 1. The maximum absolute atomic E-state index is 12.5. The SMILES string of the molecule is CC(=O)Nc1ccc(Nc2cncc(C(=O)Nc3ccccc3C)c2)cc1. The van der Waals surface area contributed by atoms with E-state index >= 15 is 0 Å². The Morgan fingerprint density at radius 3 is 2.26 bits per heavy atom. The van der Waals surface area contributed by atoms with Gasteiger partial charge in [0.05, 0.1) is 17.4 Å². The predicted molar refractivity (Wildman–Crippen MR) is 107 cm³/mol. The molecular formula is C21H20N4O2. The number of anilines is 4. The van der Waals surface area contributed by atoms with Crippen molar-refractivity contribution in [3.05, 3.63) is 78.1 Å². The van der Waals surface area contributed by atoms with Crippen molar-refractivity contribution in [1.29, 1.82) is 0 Å². The molecule has 0 bridgehead atoms. The van der Waals surface area contributed by atoms with Crippen molar-refractivity contribution in [3.63, 3.8) is 0 Å². The number of benzene rings is 2. The lowest BCUT2D eigenvalue weighted by Gasteiger charge is -2.10. The van der Waals surface area contributed by atoms with Crippen LogP contribution in [0.2, 0.25) is 0 Å². The molecule has 3 rings (SSSR count). The zero-order valence-electron chi connectivity index (χ0n) is 15.1. The van der Waals surface area contributed by atoms with E-state index in [0.717, 1.165) is 22.6 Å². The first-order valence-corrected chi connectivity index (χ1v) is 8.48. The van der Waals surface area contributed by atoms with E-state index in [1.165, 1.54) is 13.1 Å². The largest absolute Gasteiger partial charge is 0.354 e. The molecule has 1 aromatic heterocycles. The van der Waals surface area contributed by atoms with Crippen LogP contribution < -0.4 is 16.0 Å². The quantitative estimate of drug-likeness (QED) is 0.632. The molecule has 3 aromatic rings. The molecule has 136 valence electrons. The van der Waals surface area contributed by atoms with Crippen LogP contribution in [0.5, 0.6) is 0 Å². The van der Waals surface area contributed by atoms with Gasteiger partial charge in [-0.2, -0.15) is 0 Å². The Hall–Kier alpha value is -3.67. The fourth-order valence-corrected chi connectivity index (χ4v) is 2.55. The summed E-state index contributed by atoms with van der Waals surface area (Å²) in [5.41, 5.74) is 4.46. The van der Waals surface area contributed by atoms with Crippen molar-refractivity contribution in [3.8, 4) is 0 Å². The molecule has 1 heterocycles. The first-order chi connectivity index (χ1) is 13.0. The number of nitrogens with one attached hydrogen (secondary N) is 3. The van der Waals surface area contributed by atoms with Gasteiger partial charge in [-0.3, -0.25) is 14.6 Å². The van der Waals surface area contributed by atoms with E-state index in [-0.39, 0.29) is 11.8 Å². The highest BCUT2D eigenvalue weighted by atomic mass is 16.2. The molecule has 0 aliphatic rings. The Labute approximate surface area is 157 Å². The second-order valence-electron chi connectivity index (χ2n) is 6.11. The summed E-state index contributed by atoms with van der Waals surface area (Å²) < 4.78 is 0. The average Bonchev–Trinajstić information content (AvgIpc) is 2.65. The van der Waals surface area contributed by atoms with E-state index < -0.39 is 0 Å². The molecule has 0 unspecified atom stereocenters. The highest BCUT2D eigenvalue weighted by Crippen LogP contribution is 2.20. The fourth-order valence-electron chi connectivity index (χ4n) is 2.55. The van der Waals surface area contributed by atoms with Crippen molar-refractivity contribution in [2.45, 2.75) is 13.8 Å². The molecule has 6 heteroatoms. The van der Waals surface area contributed by atoms with Crippen molar-refractivity contribution >= 4 is 34.6 Å². The van der Waals surface area contributed by atoms with E-state index in [2.05, 4.69) is 20.9 Å². The smallest absolute Gasteiger partial charge is 0.257 e. The molecule has 0 spiro atoms. The van der Waals surface area contributed by atoms with Gasteiger partial charge in [-0.1, -0.05) is 18.2 Å². The maximum Gasteiger partial charge on any atom is 0.257 e. The Kier molecular flexibility index (Phi) is 5.47. The number of aromatic nitrogens is 1. The van der Waals surface area contributed by atoms with Gasteiger partial charge in [-0.25, -0.2) is 0 Å². The Morgan fingerprint density at radius 1 is 0.852 bits per heavy atom. The topological polar surface area (TPSA) is 83.1 Å². The predicted octanol–water partition coefficient (Wildman–Crippen LogP) is 4.34. The van der Waals surface area contributed by atoms with Crippen LogP contribution in [0.3, 0.4) is 0 Å². The van der Waals surface area contributed by atoms with Gasteiger partial charge in [0.15, 0.2) is 0 Å². The van der Waals surface area contributed by atoms with Gasteiger partial charge in [0, 0.05) is 30.2 Å². The normalized spacial score (nSPS) is 10.1. The Morgan fingerprint density at radius 2 is 1.56 bits per heavy atom. The van der Waals surface area contributed by atoms with Gasteiger partial charge in [-0.05, 0) is 48.9 Å². The molecule has 0 aliphatic heterocycles. The van der Waals surface area contributed by atoms with Crippen molar-refractivity contribution in [1.82, 2.24) is 4.98 Å². The number of rotatable bonds is 5. The number of aryl methyl sites for hydroxylation is 1. The number of nitrogens with zero attached hydrogens (tertiary/aromatic N) is 1. The summed E-state index contributed by atoms with van der Waals surface area (Å²) in [5, 5.41) is 8.81. The first kappa shape index (κ1) is 18.1. The molecule has 0 radical (unpaired) electrons. The molecule has 2 aromatic carbocycles. The highest BCUT2D eigenvalue weighted by molar-refractivity contribution is 6.05. The minimum Gasteiger partial charge on any atom is -0.354 e. The summed E-state index contributed by atoms with van der Waals surface area (Å²) in [6, 6.07) is 16.6. The molecule has 0 saturated heterocycles. The summed E-state index contributed by atoms with van der Waals surface area (Å²) in [5.74, 6) is -0.339. The van der Waals surface area contributed by atoms with Gasteiger partial charge in [-0.15, -0.1) is 0 Å². The fraction of sp³-hybridized carbons (Fsp3) is 0.0952. The van der Waals surface area contributed by atoms with E-state index in [1.807, 2.05) is 43.3 Å². The first-order valence-electron chi connectivity index (χ1n) is 8.48. The zero-order chi connectivity index (χ0) is 19.2. The van der Waals surface area contributed by atoms with Crippen LogP contribution in [0.15, 0.2) is 67.0 Å². The molecule has 6 nitrogen and oxygen atoms in total. The van der Waals surface area contributed by atoms with Gasteiger partial charge < -0.3 is 16.0 Å². The minimum atomic E-state index is -0.221. The summed E-state index contributed by atoms with van der Waals surface area (Å²) in [4.78, 5) is 27.7. The number of hydrogen-bond acceptors (Lipinski definition) is 4. The second kappa shape index (κ2) is 8.14. The third-order valence-electron chi connectivity index (χ3n) is 3.89. The molecule has 0 fully saturated rings. The number of carbonyl (C=O) groups excluding carboxylic acids is 2. The highest BCUT2D eigenvalue weighted by Gasteiger charge is 2.09. The van der Waals surface area contributed by atoms with E-state index in [4.69, 9.17) is 0 Å². The van der Waals surface area contributed by atoms with E-state index in [1.54, 1.807) is 24.4 Å². The molecular weight excluding hydrogens is 340 g/mol. The molecule has 0 atom stereocenters. The van der Waals surface area contributed by atoms with Crippen LogP contribution in [0.25, 0.3) is 0 Å². The van der Waals surface area contributed by atoms with Crippen LogP contribution in [0.1, 0.15) is 22.8 Å². The Bertz CT molecular complexity index is 968. The lowest BCUT2D eigenvalue weighted by molar-refractivity contribution is -0.114. The van der Waals surface area contributed by atoms with Crippen LogP contribution in [-0.2, 0) is 4.79 Å². The number of carbonyl (C=O) groups is 2. The number of hydrogen-bond donors (Lipinski definition) is 3. The minimum absolute atomic E-state index is 0.118. The van der Waals surface area contributed by atoms with Crippen molar-refractivity contribution in [2.24, 2.45) is 0 Å². The average molecular weight is 360 g/mol. The van der Waals surface area contributed by atoms with Crippen LogP contribution >= 0.6 is 0 Å². The van der Waals surface area contributed by atoms with Gasteiger partial charge in [0.1, 0.15) is 0 Å². The monoisotopic (exact) mass is 360 g/mol. The summed E-state index contributed by atoms with van der Waals surface area (Å²) in [7, 11) is 0. The van der Waals surface area contributed by atoms with Crippen LogP contribution in [-0.4, -0.2) is 16.8 Å². The third kappa shape index (κ3) is 4.92. The van der Waals surface area contributed by atoms with Crippen LogP contribution in [0.4, 0.5) is 22.7 Å². The molecule has 2 amide bonds. The number of amides is 2. The van der Waals surface area contributed by atoms with E-state index in [0.29, 0.717) is 11.3 Å². The second-order valence-corrected chi connectivity index (χ2v) is 6.11. The summed E-state index contributed by atoms with van der Waals surface area (Å²) in [6.45, 7) is 3.40.